The Morgan fingerprint density at radius 1 is 0.588 bits per heavy atom. The third-order valence-electron chi connectivity index (χ3n) is 6.18. The van der Waals surface area contributed by atoms with E-state index in [9.17, 15) is 56.2 Å². The molecule has 0 amide bonds. The second-order valence-corrected chi connectivity index (χ2v) is 8.40. The van der Waals surface area contributed by atoms with Gasteiger partial charge in [-0.2, -0.15) is 0 Å². The Hall–Kier alpha value is -0.640. The number of hydrogen-bond donors (Lipinski definition) is 11. The van der Waals surface area contributed by atoms with Crippen molar-refractivity contribution in [2.45, 2.75) is 85.5 Å². The largest absolute Gasteiger partial charge is 0.394 e. The number of rotatable bonds is 8. The minimum atomic E-state index is -2.20. The van der Waals surface area contributed by atoms with Crippen LogP contribution in [0.4, 0.5) is 0 Å². The molecule has 16 heteroatoms. The summed E-state index contributed by atoms with van der Waals surface area (Å²) in [6.07, 6.45) is -21.9. The van der Waals surface area contributed by atoms with Crippen LogP contribution >= 0.6 is 0 Å². The molecule has 0 bridgehead atoms. The van der Waals surface area contributed by atoms with Gasteiger partial charge in [-0.3, -0.25) is 0 Å². The van der Waals surface area contributed by atoms with Gasteiger partial charge in [0.15, 0.2) is 12.6 Å². The predicted octanol–water partition coefficient (Wildman–Crippen LogP) is -7.57. The Morgan fingerprint density at radius 2 is 1.09 bits per heavy atom. The summed E-state index contributed by atoms with van der Waals surface area (Å²) in [5, 5.41) is 109. The first kappa shape index (κ1) is 27.9. The van der Waals surface area contributed by atoms with E-state index in [4.69, 9.17) is 23.7 Å². The third-order valence-corrected chi connectivity index (χ3v) is 6.18. The Labute approximate surface area is 192 Å². The van der Waals surface area contributed by atoms with Crippen LogP contribution in [0.15, 0.2) is 0 Å². The zero-order chi connectivity index (χ0) is 25.4. The maximum absolute atomic E-state index is 10.3. The molecule has 3 saturated heterocycles. The second kappa shape index (κ2) is 11.2. The Morgan fingerprint density at radius 3 is 1.56 bits per heavy atom. The van der Waals surface area contributed by atoms with Gasteiger partial charge in [0.2, 0.25) is 5.79 Å². The van der Waals surface area contributed by atoms with E-state index in [0.717, 1.165) is 0 Å². The van der Waals surface area contributed by atoms with E-state index < -0.39 is 112 Å². The van der Waals surface area contributed by atoms with Crippen molar-refractivity contribution in [1.82, 2.24) is 0 Å². The van der Waals surface area contributed by atoms with Gasteiger partial charge in [-0.25, -0.2) is 0 Å². The van der Waals surface area contributed by atoms with E-state index in [1.54, 1.807) is 0 Å². The van der Waals surface area contributed by atoms with E-state index in [1.807, 2.05) is 0 Å². The molecule has 0 aromatic carbocycles. The molecule has 3 aliphatic rings. The van der Waals surface area contributed by atoms with Gasteiger partial charge in [-0.1, -0.05) is 0 Å². The summed E-state index contributed by atoms with van der Waals surface area (Å²) in [5.74, 6) is -2.20. The molecule has 0 aromatic rings. The summed E-state index contributed by atoms with van der Waals surface area (Å²) in [7, 11) is 0. The van der Waals surface area contributed by atoms with E-state index in [0.29, 0.717) is 0 Å². The molecule has 3 fully saturated rings. The van der Waals surface area contributed by atoms with Crippen molar-refractivity contribution in [3.05, 3.63) is 0 Å². The van der Waals surface area contributed by atoms with Crippen LogP contribution in [-0.2, 0) is 23.7 Å². The first-order valence-corrected chi connectivity index (χ1v) is 10.6. The third kappa shape index (κ3) is 5.09. The van der Waals surface area contributed by atoms with Crippen molar-refractivity contribution >= 4 is 0 Å². The standard InChI is InChI=1S/C18H32O16/c19-1-5-8(22)11(25)13(27)16(31-5)33-17-14(28)12(26)9(23)7(32-17)3-30-18(4-21)15(29)10(24)6(2-20)34-18/h5-17,19-29H,1-4H2/t5-,6-,7-,8-,9-,10-,11+,12+,13-,14-,15+,16-,17-,18-/m1/s1. The number of aliphatic hydroxyl groups excluding tert-OH is 11. The van der Waals surface area contributed by atoms with E-state index in [-0.39, 0.29) is 0 Å². The lowest BCUT2D eigenvalue weighted by molar-refractivity contribution is -0.381. The van der Waals surface area contributed by atoms with Gasteiger partial charge in [-0.15, -0.1) is 0 Å². The summed E-state index contributed by atoms with van der Waals surface area (Å²) in [4.78, 5) is 0. The van der Waals surface area contributed by atoms with Gasteiger partial charge in [0.25, 0.3) is 0 Å². The van der Waals surface area contributed by atoms with Crippen LogP contribution in [0.1, 0.15) is 0 Å². The quantitative estimate of drug-likeness (QED) is 0.146. The minimum absolute atomic E-state index is 0.692. The van der Waals surface area contributed by atoms with Crippen LogP contribution in [0.25, 0.3) is 0 Å². The van der Waals surface area contributed by atoms with Crippen molar-refractivity contribution in [2.24, 2.45) is 0 Å². The highest BCUT2D eigenvalue weighted by Crippen LogP contribution is 2.34. The number of hydrogen-bond acceptors (Lipinski definition) is 16. The molecular weight excluding hydrogens is 472 g/mol. The second-order valence-electron chi connectivity index (χ2n) is 8.40. The molecule has 11 N–H and O–H groups in total. The molecule has 3 heterocycles. The highest BCUT2D eigenvalue weighted by molar-refractivity contribution is 4.98. The summed E-state index contributed by atoms with van der Waals surface area (Å²) >= 11 is 0. The van der Waals surface area contributed by atoms with Crippen LogP contribution in [0, 0.1) is 0 Å². The van der Waals surface area contributed by atoms with Crippen molar-refractivity contribution in [1.29, 1.82) is 0 Å². The molecule has 34 heavy (non-hydrogen) atoms. The molecule has 16 nitrogen and oxygen atoms in total. The molecule has 200 valence electrons. The van der Waals surface area contributed by atoms with Crippen LogP contribution < -0.4 is 0 Å². The highest BCUT2D eigenvalue weighted by Gasteiger charge is 2.56. The first-order valence-electron chi connectivity index (χ1n) is 10.6. The van der Waals surface area contributed by atoms with Crippen molar-refractivity contribution in [3.63, 3.8) is 0 Å². The highest BCUT2D eigenvalue weighted by atomic mass is 16.8. The van der Waals surface area contributed by atoms with Gasteiger partial charge >= 0.3 is 0 Å². The number of aliphatic hydroxyl groups is 11. The van der Waals surface area contributed by atoms with E-state index in [1.165, 1.54) is 0 Å². The average molecular weight is 504 g/mol. The Kier molecular flexibility index (Phi) is 9.18. The SMILES string of the molecule is OC[C@H]1O[C@@](CO)(OC[C@H]2O[C@H](O[C@H]3O[C@H](CO)[C@@H](O)[C@H](O)[C@H]3O)[C@H](O)[C@@H](O)[C@@H]2O)[C@@H](O)[C@@H]1O. The number of ether oxygens (including phenoxy) is 5. The summed E-state index contributed by atoms with van der Waals surface area (Å²) in [5.41, 5.74) is 0. The van der Waals surface area contributed by atoms with Crippen LogP contribution in [0.5, 0.6) is 0 Å². The zero-order valence-electron chi connectivity index (χ0n) is 17.8. The molecule has 0 unspecified atom stereocenters. The normalized spacial score (nSPS) is 52.1. The van der Waals surface area contributed by atoms with E-state index in [2.05, 4.69) is 0 Å². The monoisotopic (exact) mass is 504 g/mol. The smallest absolute Gasteiger partial charge is 0.221 e. The molecule has 0 aromatic heterocycles. The molecule has 3 rings (SSSR count). The molecular formula is C18H32O16. The molecule has 0 radical (unpaired) electrons. The zero-order valence-corrected chi connectivity index (χ0v) is 17.8. The summed E-state index contributed by atoms with van der Waals surface area (Å²) in [6, 6.07) is 0. The van der Waals surface area contributed by atoms with Crippen molar-refractivity contribution in [3.8, 4) is 0 Å². The van der Waals surface area contributed by atoms with Gasteiger partial charge in [0.05, 0.1) is 19.8 Å². The maximum Gasteiger partial charge on any atom is 0.221 e. The lowest BCUT2D eigenvalue weighted by atomic mass is 9.98. The Balaban J connectivity index is 1.69. The Bertz CT molecular complexity index is 653. The summed E-state index contributed by atoms with van der Waals surface area (Å²) in [6.45, 7) is -3.11. The minimum Gasteiger partial charge on any atom is -0.394 e. The van der Waals surface area contributed by atoms with Gasteiger partial charge in [0.1, 0.15) is 73.8 Å². The molecule has 14 atom stereocenters. The topological polar surface area (TPSA) is 269 Å². The van der Waals surface area contributed by atoms with Crippen molar-refractivity contribution < 1.29 is 79.9 Å². The molecule has 0 saturated carbocycles. The predicted molar refractivity (Wildman–Crippen MR) is 101 cm³/mol. The first-order chi connectivity index (χ1) is 16.0. The molecule has 3 aliphatic heterocycles. The van der Waals surface area contributed by atoms with Gasteiger partial charge in [0, 0.05) is 0 Å². The van der Waals surface area contributed by atoms with Crippen LogP contribution in [0.2, 0.25) is 0 Å². The van der Waals surface area contributed by atoms with Gasteiger partial charge in [-0.05, 0) is 0 Å². The van der Waals surface area contributed by atoms with Crippen LogP contribution in [-0.4, -0.2) is 168 Å². The van der Waals surface area contributed by atoms with Gasteiger partial charge < -0.3 is 79.9 Å². The average Bonchev–Trinajstić information content (AvgIpc) is 3.08. The molecule has 0 spiro atoms. The van der Waals surface area contributed by atoms with Crippen LogP contribution in [0.3, 0.4) is 0 Å². The lowest BCUT2D eigenvalue weighted by Gasteiger charge is -2.45. The van der Waals surface area contributed by atoms with E-state index >= 15 is 0 Å². The lowest BCUT2D eigenvalue weighted by Crippen LogP contribution is -2.64. The maximum atomic E-state index is 10.3. The fourth-order valence-electron chi connectivity index (χ4n) is 4.00. The fraction of sp³-hybridized carbons (Fsp3) is 1.00. The molecule has 0 aliphatic carbocycles. The van der Waals surface area contributed by atoms with Crippen molar-refractivity contribution in [2.75, 3.05) is 26.4 Å². The fourth-order valence-corrected chi connectivity index (χ4v) is 4.00. The summed E-state index contributed by atoms with van der Waals surface area (Å²) < 4.78 is 26.4.